The van der Waals surface area contributed by atoms with Gasteiger partial charge in [-0.15, -0.1) is 0 Å². The monoisotopic (exact) mass is 923 g/mol. The minimum atomic E-state index is -0.787. The van der Waals surface area contributed by atoms with Crippen LogP contribution in [0, 0.1) is 0 Å². The lowest BCUT2D eigenvalue weighted by Gasteiger charge is -2.18. The molecule has 0 aromatic rings. The predicted octanol–water partition coefficient (Wildman–Crippen LogP) is 18.8. The van der Waals surface area contributed by atoms with Crippen LogP contribution in [0.25, 0.3) is 0 Å². The van der Waals surface area contributed by atoms with E-state index >= 15 is 0 Å². The molecule has 6 nitrogen and oxygen atoms in total. The second-order valence-corrected chi connectivity index (χ2v) is 18.8. The van der Waals surface area contributed by atoms with Gasteiger partial charge in [-0.25, -0.2) is 0 Å². The summed E-state index contributed by atoms with van der Waals surface area (Å²) in [6.45, 7) is 6.58. The molecule has 0 aromatic heterocycles. The Bertz CT molecular complexity index is 1200. The topological polar surface area (TPSA) is 78.9 Å². The van der Waals surface area contributed by atoms with Crippen LogP contribution in [0.1, 0.15) is 284 Å². The van der Waals surface area contributed by atoms with Crippen molar-refractivity contribution in [2.45, 2.75) is 290 Å². The maximum atomic E-state index is 12.8. The van der Waals surface area contributed by atoms with E-state index < -0.39 is 6.10 Å². The Balaban J connectivity index is 4.36. The molecule has 6 heteroatoms. The molecule has 0 aromatic carbocycles. The number of allylic oxidation sites excluding steroid dienone is 10. The number of ether oxygens (including phenoxy) is 3. The SMILES string of the molecule is CCCC/C=C\CCCCCCCC(=O)OCC(COC(=O)CCCCCCCC/C=C\C/C=C\C/C=C\CCCCCCC)OC(=O)CCCCCCC/C=C\CCCCCCCCC. The summed E-state index contributed by atoms with van der Waals surface area (Å²) >= 11 is 0. The van der Waals surface area contributed by atoms with E-state index in [0.717, 1.165) is 96.3 Å². The fourth-order valence-electron chi connectivity index (χ4n) is 7.90. The van der Waals surface area contributed by atoms with Crippen LogP contribution >= 0.6 is 0 Å². The van der Waals surface area contributed by atoms with Gasteiger partial charge in [-0.2, -0.15) is 0 Å². The van der Waals surface area contributed by atoms with Gasteiger partial charge < -0.3 is 14.2 Å². The lowest BCUT2D eigenvalue weighted by molar-refractivity contribution is -0.167. The Morgan fingerprint density at radius 1 is 0.303 bits per heavy atom. The van der Waals surface area contributed by atoms with Crippen molar-refractivity contribution in [1.29, 1.82) is 0 Å². The van der Waals surface area contributed by atoms with Crippen LogP contribution in [0.3, 0.4) is 0 Å². The molecule has 0 heterocycles. The third-order valence-electron chi connectivity index (χ3n) is 12.2. The van der Waals surface area contributed by atoms with Crippen LogP contribution in [0.15, 0.2) is 60.8 Å². The van der Waals surface area contributed by atoms with E-state index in [1.165, 1.54) is 148 Å². The number of hydrogen-bond donors (Lipinski definition) is 0. The first-order valence-electron chi connectivity index (χ1n) is 28.3. The standard InChI is InChI=1S/C60H106O6/c1-4-7-10-13-16-19-22-24-26-28-29-30-31-32-34-35-38-41-44-47-50-53-59(62)65-56-57(55-64-58(61)52-49-46-43-40-37-21-18-15-12-9-6-3)66-60(63)54-51-48-45-42-39-36-33-27-25-23-20-17-14-11-8-5-2/h15,18,22,24,27-29,31-33,57H,4-14,16-17,19-21,23,25-26,30,34-56H2,1-3H3/b18-15-,24-22-,29-28-,32-31-,33-27-. The summed E-state index contributed by atoms with van der Waals surface area (Å²) in [7, 11) is 0. The van der Waals surface area contributed by atoms with Crippen LogP contribution in [0.4, 0.5) is 0 Å². The lowest BCUT2D eigenvalue weighted by atomic mass is 10.1. The molecular formula is C60H106O6. The van der Waals surface area contributed by atoms with E-state index in [0.29, 0.717) is 19.3 Å². The van der Waals surface area contributed by atoms with E-state index in [1.807, 2.05) is 0 Å². The molecule has 0 N–H and O–H groups in total. The number of rotatable bonds is 51. The van der Waals surface area contributed by atoms with Gasteiger partial charge >= 0.3 is 17.9 Å². The molecule has 0 rings (SSSR count). The number of hydrogen-bond acceptors (Lipinski definition) is 6. The van der Waals surface area contributed by atoms with E-state index in [2.05, 4.69) is 81.5 Å². The maximum Gasteiger partial charge on any atom is 0.306 e. The van der Waals surface area contributed by atoms with Crippen molar-refractivity contribution in [1.82, 2.24) is 0 Å². The van der Waals surface area contributed by atoms with Gasteiger partial charge in [0.05, 0.1) is 0 Å². The average Bonchev–Trinajstić information content (AvgIpc) is 3.31. The van der Waals surface area contributed by atoms with Gasteiger partial charge in [0.1, 0.15) is 13.2 Å². The van der Waals surface area contributed by atoms with Gasteiger partial charge in [-0.3, -0.25) is 14.4 Å². The minimum Gasteiger partial charge on any atom is -0.462 e. The molecule has 66 heavy (non-hydrogen) atoms. The molecule has 0 aliphatic heterocycles. The van der Waals surface area contributed by atoms with Gasteiger partial charge in [0.25, 0.3) is 0 Å². The summed E-state index contributed by atoms with van der Waals surface area (Å²) in [5.74, 6) is -0.908. The van der Waals surface area contributed by atoms with Gasteiger partial charge in [-0.05, 0) is 103 Å². The van der Waals surface area contributed by atoms with Gasteiger partial charge in [0, 0.05) is 19.3 Å². The van der Waals surface area contributed by atoms with Crippen LogP contribution < -0.4 is 0 Å². The first-order valence-corrected chi connectivity index (χ1v) is 28.3. The fourth-order valence-corrected chi connectivity index (χ4v) is 7.90. The van der Waals surface area contributed by atoms with Gasteiger partial charge in [0.15, 0.2) is 6.10 Å². The second kappa shape index (κ2) is 54.7. The molecular weight excluding hydrogens is 817 g/mol. The summed E-state index contributed by atoms with van der Waals surface area (Å²) in [5.41, 5.74) is 0. The molecule has 1 unspecified atom stereocenters. The summed E-state index contributed by atoms with van der Waals surface area (Å²) in [6.07, 6.45) is 67.8. The van der Waals surface area contributed by atoms with E-state index in [1.54, 1.807) is 0 Å². The fraction of sp³-hybridized carbons (Fsp3) is 0.783. The Morgan fingerprint density at radius 3 is 0.909 bits per heavy atom. The Labute approximate surface area is 409 Å². The quantitative estimate of drug-likeness (QED) is 0.0262. The summed E-state index contributed by atoms with van der Waals surface area (Å²) in [5, 5.41) is 0. The normalized spacial score (nSPS) is 12.5. The lowest BCUT2D eigenvalue weighted by Crippen LogP contribution is -2.30. The van der Waals surface area contributed by atoms with E-state index in [9.17, 15) is 14.4 Å². The molecule has 0 amide bonds. The first-order chi connectivity index (χ1) is 32.5. The molecule has 0 fully saturated rings. The van der Waals surface area contributed by atoms with Crippen molar-refractivity contribution < 1.29 is 28.6 Å². The van der Waals surface area contributed by atoms with Crippen molar-refractivity contribution in [3.8, 4) is 0 Å². The molecule has 0 aliphatic carbocycles. The highest BCUT2D eigenvalue weighted by Gasteiger charge is 2.19. The number of carbonyl (C=O) groups is 3. The highest BCUT2D eigenvalue weighted by atomic mass is 16.6. The van der Waals surface area contributed by atoms with Crippen molar-refractivity contribution in [2.24, 2.45) is 0 Å². The highest BCUT2D eigenvalue weighted by molar-refractivity contribution is 5.71. The zero-order valence-corrected chi connectivity index (χ0v) is 43.7. The minimum absolute atomic E-state index is 0.0858. The van der Waals surface area contributed by atoms with Crippen molar-refractivity contribution >= 4 is 17.9 Å². The number of unbranched alkanes of at least 4 members (excludes halogenated alkanes) is 30. The third-order valence-corrected chi connectivity index (χ3v) is 12.2. The van der Waals surface area contributed by atoms with Crippen molar-refractivity contribution in [3.05, 3.63) is 60.8 Å². The summed E-state index contributed by atoms with van der Waals surface area (Å²) in [6, 6.07) is 0. The second-order valence-electron chi connectivity index (χ2n) is 18.8. The molecule has 0 saturated carbocycles. The highest BCUT2D eigenvalue weighted by Crippen LogP contribution is 2.14. The van der Waals surface area contributed by atoms with Crippen molar-refractivity contribution in [2.75, 3.05) is 13.2 Å². The molecule has 1 atom stereocenters. The molecule has 0 saturated heterocycles. The molecule has 382 valence electrons. The molecule has 0 bridgehead atoms. The zero-order valence-electron chi connectivity index (χ0n) is 43.7. The van der Waals surface area contributed by atoms with Crippen LogP contribution in [-0.2, 0) is 28.6 Å². The Hall–Kier alpha value is -2.89. The van der Waals surface area contributed by atoms with E-state index in [-0.39, 0.29) is 31.1 Å². The molecule has 0 spiro atoms. The number of esters is 3. The van der Waals surface area contributed by atoms with Gasteiger partial charge in [0.2, 0.25) is 0 Å². The number of carbonyl (C=O) groups excluding carboxylic acids is 3. The van der Waals surface area contributed by atoms with Crippen molar-refractivity contribution in [3.63, 3.8) is 0 Å². The summed E-state index contributed by atoms with van der Waals surface area (Å²) in [4.78, 5) is 38.1. The maximum absolute atomic E-state index is 12.8. The van der Waals surface area contributed by atoms with Gasteiger partial charge in [-0.1, -0.05) is 223 Å². The molecule has 0 aliphatic rings. The first kappa shape index (κ1) is 63.1. The zero-order chi connectivity index (χ0) is 47.9. The van der Waals surface area contributed by atoms with E-state index in [4.69, 9.17) is 14.2 Å². The Kier molecular flexibility index (Phi) is 52.3. The van der Waals surface area contributed by atoms with Crippen LogP contribution in [0.5, 0.6) is 0 Å². The third kappa shape index (κ3) is 52.1. The summed E-state index contributed by atoms with van der Waals surface area (Å²) < 4.78 is 16.8. The average molecular weight is 924 g/mol. The van der Waals surface area contributed by atoms with Crippen LogP contribution in [0.2, 0.25) is 0 Å². The smallest absolute Gasteiger partial charge is 0.306 e. The predicted molar refractivity (Wildman–Crippen MR) is 284 cm³/mol. The van der Waals surface area contributed by atoms with Crippen LogP contribution in [-0.4, -0.2) is 37.2 Å². The Morgan fingerprint density at radius 2 is 0.561 bits per heavy atom. The molecule has 0 radical (unpaired) electrons. The largest absolute Gasteiger partial charge is 0.462 e.